The lowest BCUT2D eigenvalue weighted by atomic mass is 9.50. The molecule has 18 heavy (non-hydrogen) atoms. The number of rotatable bonds is 3. The molecular weight excluding hydrogens is 240 g/mol. The summed E-state index contributed by atoms with van der Waals surface area (Å²) in [6.45, 7) is 0.920. The van der Waals surface area contributed by atoms with E-state index in [4.69, 9.17) is 4.98 Å². The second-order valence-electron chi connectivity index (χ2n) is 6.87. The van der Waals surface area contributed by atoms with E-state index in [0.29, 0.717) is 5.41 Å². The Hall–Kier alpha value is -0.410. The molecule has 1 aromatic rings. The SMILES string of the molecule is CNCc1csc(C23CC4CC(CC(C4)C2)C3)n1. The van der Waals surface area contributed by atoms with Gasteiger partial charge in [0.15, 0.2) is 0 Å². The molecule has 3 heteroatoms. The van der Waals surface area contributed by atoms with Crippen molar-refractivity contribution >= 4 is 11.3 Å². The molecular formula is C15H22N2S. The molecule has 2 nitrogen and oxygen atoms in total. The Morgan fingerprint density at radius 1 is 1.22 bits per heavy atom. The minimum atomic E-state index is 0.491. The minimum absolute atomic E-state index is 0.491. The smallest absolute Gasteiger partial charge is 0.0991 e. The van der Waals surface area contributed by atoms with Crippen molar-refractivity contribution in [3.63, 3.8) is 0 Å². The fourth-order valence-electron chi connectivity index (χ4n) is 5.19. The van der Waals surface area contributed by atoms with Crippen molar-refractivity contribution in [3.8, 4) is 0 Å². The molecule has 0 aliphatic heterocycles. The van der Waals surface area contributed by atoms with Crippen molar-refractivity contribution in [3.05, 3.63) is 16.1 Å². The summed E-state index contributed by atoms with van der Waals surface area (Å²) in [7, 11) is 2.00. The molecule has 1 aromatic heterocycles. The van der Waals surface area contributed by atoms with E-state index < -0.39 is 0 Å². The summed E-state index contributed by atoms with van der Waals surface area (Å²) >= 11 is 1.93. The lowest BCUT2D eigenvalue weighted by Crippen LogP contribution is -2.48. The predicted octanol–water partition coefficient (Wildman–Crippen LogP) is 3.33. The summed E-state index contributed by atoms with van der Waals surface area (Å²) in [5.74, 6) is 3.06. The number of thiazole rings is 1. The maximum absolute atomic E-state index is 4.95. The average molecular weight is 262 g/mol. The van der Waals surface area contributed by atoms with Gasteiger partial charge in [-0.2, -0.15) is 0 Å². The monoisotopic (exact) mass is 262 g/mol. The maximum Gasteiger partial charge on any atom is 0.0991 e. The molecule has 1 heterocycles. The van der Waals surface area contributed by atoms with Gasteiger partial charge in [0.2, 0.25) is 0 Å². The van der Waals surface area contributed by atoms with Crippen molar-refractivity contribution in [1.82, 2.24) is 10.3 Å². The van der Waals surface area contributed by atoms with Crippen LogP contribution in [0.15, 0.2) is 5.38 Å². The third kappa shape index (κ3) is 1.67. The van der Waals surface area contributed by atoms with Crippen molar-refractivity contribution < 1.29 is 0 Å². The standard InChI is InChI=1S/C15H22N2S/c1-16-8-13-9-18-14(17-13)15-5-10-2-11(6-15)4-12(3-10)7-15/h9-12,16H,2-8H2,1H3. The van der Waals surface area contributed by atoms with Crippen LogP contribution < -0.4 is 5.32 Å². The fraction of sp³-hybridized carbons (Fsp3) is 0.800. The Morgan fingerprint density at radius 3 is 2.39 bits per heavy atom. The summed E-state index contributed by atoms with van der Waals surface area (Å²) in [6, 6.07) is 0. The lowest BCUT2D eigenvalue weighted by Gasteiger charge is -2.56. The fourth-order valence-corrected chi connectivity index (χ4v) is 6.24. The topological polar surface area (TPSA) is 24.9 Å². The van der Waals surface area contributed by atoms with Gasteiger partial charge >= 0.3 is 0 Å². The molecule has 0 unspecified atom stereocenters. The molecule has 0 saturated heterocycles. The molecule has 0 atom stereocenters. The number of hydrogen-bond donors (Lipinski definition) is 1. The molecule has 4 bridgehead atoms. The van der Waals surface area contributed by atoms with Crippen LogP contribution in [-0.4, -0.2) is 12.0 Å². The highest BCUT2D eigenvalue weighted by molar-refractivity contribution is 7.09. The van der Waals surface area contributed by atoms with E-state index >= 15 is 0 Å². The summed E-state index contributed by atoms with van der Waals surface area (Å²) < 4.78 is 0. The first-order valence-corrected chi connectivity index (χ1v) is 8.25. The van der Waals surface area contributed by atoms with E-state index in [1.807, 2.05) is 18.4 Å². The van der Waals surface area contributed by atoms with E-state index in [2.05, 4.69) is 10.7 Å². The van der Waals surface area contributed by atoms with Crippen molar-refractivity contribution in [2.75, 3.05) is 7.05 Å². The van der Waals surface area contributed by atoms with E-state index in [-0.39, 0.29) is 0 Å². The molecule has 1 N–H and O–H groups in total. The Balaban J connectivity index is 1.66. The van der Waals surface area contributed by atoms with Crippen LogP contribution in [0.1, 0.15) is 49.2 Å². The van der Waals surface area contributed by atoms with Crippen molar-refractivity contribution in [2.45, 2.75) is 50.5 Å². The van der Waals surface area contributed by atoms with Gasteiger partial charge in [0.1, 0.15) is 0 Å². The highest BCUT2D eigenvalue weighted by Crippen LogP contribution is 2.61. The molecule has 0 aromatic carbocycles. The zero-order valence-electron chi connectivity index (χ0n) is 11.1. The van der Waals surface area contributed by atoms with Gasteiger partial charge in [-0.1, -0.05) is 0 Å². The molecule has 0 radical (unpaired) electrons. The normalized spacial score (nSPS) is 41.5. The highest BCUT2D eigenvalue weighted by Gasteiger charge is 2.52. The third-order valence-corrected chi connectivity index (χ3v) is 6.54. The predicted molar refractivity (Wildman–Crippen MR) is 74.7 cm³/mol. The minimum Gasteiger partial charge on any atom is -0.314 e. The van der Waals surface area contributed by atoms with Crippen LogP contribution in [0.4, 0.5) is 0 Å². The number of nitrogens with zero attached hydrogens (tertiary/aromatic N) is 1. The zero-order chi connectivity index (χ0) is 12.2. The molecule has 4 aliphatic rings. The molecule has 4 fully saturated rings. The van der Waals surface area contributed by atoms with Crippen molar-refractivity contribution in [2.24, 2.45) is 17.8 Å². The van der Waals surface area contributed by atoms with Gasteiger partial charge in [0.05, 0.1) is 10.7 Å². The van der Waals surface area contributed by atoms with Gasteiger partial charge in [-0.3, -0.25) is 0 Å². The average Bonchev–Trinajstić information content (AvgIpc) is 2.77. The molecule has 0 spiro atoms. The second kappa shape index (κ2) is 4.04. The first-order valence-electron chi connectivity index (χ1n) is 7.37. The van der Waals surface area contributed by atoms with Crippen molar-refractivity contribution in [1.29, 1.82) is 0 Å². The Morgan fingerprint density at radius 2 is 1.83 bits per heavy atom. The molecule has 4 aliphatic carbocycles. The van der Waals surface area contributed by atoms with Crippen LogP contribution >= 0.6 is 11.3 Å². The summed E-state index contributed by atoms with van der Waals surface area (Å²) in [5.41, 5.74) is 1.74. The van der Waals surface area contributed by atoms with Crippen LogP contribution in [-0.2, 0) is 12.0 Å². The van der Waals surface area contributed by atoms with Gasteiger partial charge in [-0.25, -0.2) is 4.98 Å². The van der Waals surface area contributed by atoms with Gasteiger partial charge in [-0.15, -0.1) is 11.3 Å². The first kappa shape index (κ1) is 11.4. The summed E-state index contributed by atoms with van der Waals surface area (Å²) in [4.78, 5) is 4.95. The van der Waals surface area contributed by atoms with E-state index in [0.717, 1.165) is 24.3 Å². The Labute approximate surface area is 113 Å². The molecule has 5 rings (SSSR count). The van der Waals surface area contributed by atoms with E-state index in [1.54, 1.807) is 0 Å². The molecule has 0 amide bonds. The Bertz CT molecular complexity index is 416. The highest BCUT2D eigenvalue weighted by atomic mass is 32.1. The van der Waals surface area contributed by atoms with Crippen LogP contribution in [0.5, 0.6) is 0 Å². The number of nitrogens with one attached hydrogen (secondary N) is 1. The first-order chi connectivity index (χ1) is 8.77. The van der Waals surface area contributed by atoms with Crippen LogP contribution in [0.2, 0.25) is 0 Å². The quantitative estimate of drug-likeness (QED) is 0.904. The lowest BCUT2D eigenvalue weighted by molar-refractivity contribution is -0.00533. The summed E-state index contributed by atoms with van der Waals surface area (Å²) in [5, 5.41) is 6.95. The summed E-state index contributed by atoms with van der Waals surface area (Å²) in [6.07, 6.45) is 8.87. The Kier molecular flexibility index (Phi) is 2.56. The molecule has 98 valence electrons. The van der Waals surface area contributed by atoms with Crippen LogP contribution in [0.3, 0.4) is 0 Å². The van der Waals surface area contributed by atoms with Crippen LogP contribution in [0.25, 0.3) is 0 Å². The van der Waals surface area contributed by atoms with E-state index in [9.17, 15) is 0 Å². The van der Waals surface area contributed by atoms with Gasteiger partial charge in [-0.05, 0) is 63.3 Å². The van der Waals surface area contributed by atoms with Crippen LogP contribution in [0, 0.1) is 17.8 Å². The second-order valence-corrected chi connectivity index (χ2v) is 7.73. The van der Waals surface area contributed by atoms with Gasteiger partial charge in [0.25, 0.3) is 0 Å². The zero-order valence-corrected chi connectivity index (χ0v) is 11.9. The third-order valence-electron chi connectivity index (χ3n) is 5.40. The number of aromatic nitrogens is 1. The van der Waals surface area contributed by atoms with Gasteiger partial charge in [0, 0.05) is 17.3 Å². The number of hydrogen-bond acceptors (Lipinski definition) is 3. The van der Waals surface area contributed by atoms with Gasteiger partial charge < -0.3 is 5.32 Å². The van der Waals surface area contributed by atoms with E-state index in [1.165, 1.54) is 49.2 Å². The largest absolute Gasteiger partial charge is 0.314 e. The maximum atomic E-state index is 4.95. The molecule has 4 saturated carbocycles.